The first-order valence-corrected chi connectivity index (χ1v) is 7.93. The summed E-state index contributed by atoms with van der Waals surface area (Å²) in [4.78, 5) is 4.52. The summed E-state index contributed by atoms with van der Waals surface area (Å²) in [6.07, 6.45) is 2.90. The van der Waals surface area contributed by atoms with E-state index in [1.165, 1.54) is 5.69 Å². The monoisotopic (exact) mass is 324 g/mol. The van der Waals surface area contributed by atoms with Gasteiger partial charge in [0.25, 0.3) is 0 Å². The molecule has 1 unspecified atom stereocenters. The van der Waals surface area contributed by atoms with Crippen molar-refractivity contribution in [2.24, 2.45) is 16.7 Å². The zero-order valence-corrected chi connectivity index (χ0v) is 14.2. The number of hydrogen-bond donors (Lipinski definition) is 1. The van der Waals surface area contributed by atoms with Crippen LogP contribution in [-0.4, -0.2) is 17.6 Å². The molecule has 19 heavy (non-hydrogen) atoms. The van der Waals surface area contributed by atoms with Gasteiger partial charge in [-0.1, -0.05) is 34.6 Å². The van der Waals surface area contributed by atoms with Gasteiger partial charge in [0, 0.05) is 28.8 Å². The van der Waals surface area contributed by atoms with Gasteiger partial charge in [-0.3, -0.25) is 4.98 Å². The van der Waals surface area contributed by atoms with E-state index in [-0.39, 0.29) is 0 Å². The molecule has 2 nitrogen and oxygen atoms in total. The molecule has 1 aromatic heterocycles. The van der Waals surface area contributed by atoms with Crippen LogP contribution in [0.15, 0.2) is 22.8 Å². The highest BCUT2D eigenvalue weighted by Gasteiger charge is 2.66. The fraction of sp³-hybridized carbons (Fsp3) is 0.688. The zero-order chi connectivity index (χ0) is 14.3. The van der Waals surface area contributed by atoms with Crippen molar-refractivity contribution in [2.75, 3.05) is 6.54 Å². The minimum atomic E-state index is 0.412. The molecule has 1 N–H and O–H groups in total. The molecular formula is C16H25BrN2. The molecule has 1 heterocycles. The molecule has 1 aromatic rings. The number of halogens is 1. The Balaban J connectivity index is 2.12. The fourth-order valence-corrected chi connectivity index (χ4v) is 3.81. The Morgan fingerprint density at radius 2 is 1.89 bits per heavy atom. The van der Waals surface area contributed by atoms with E-state index in [2.05, 4.69) is 73.0 Å². The lowest BCUT2D eigenvalue weighted by Gasteiger charge is -2.20. The van der Waals surface area contributed by atoms with Crippen LogP contribution < -0.4 is 5.32 Å². The van der Waals surface area contributed by atoms with E-state index in [4.69, 9.17) is 0 Å². The van der Waals surface area contributed by atoms with E-state index in [9.17, 15) is 0 Å². The smallest absolute Gasteiger partial charge is 0.0420 e. The molecule has 1 fully saturated rings. The highest BCUT2D eigenvalue weighted by molar-refractivity contribution is 9.10. The molecule has 0 bridgehead atoms. The number of hydrogen-bond acceptors (Lipinski definition) is 2. The third-order valence-electron chi connectivity index (χ3n) is 5.22. The van der Waals surface area contributed by atoms with E-state index in [0.717, 1.165) is 17.4 Å². The first-order chi connectivity index (χ1) is 8.80. The van der Waals surface area contributed by atoms with Crippen LogP contribution in [-0.2, 0) is 6.42 Å². The molecular weight excluding hydrogens is 300 g/mol. The number of pyridine rings is 1. The van der Waals surface area contributed by atoms with Crippen LogP contribution in [0.25, 0.3) is 0 Å². The lowest BCUT2D eigenvalue weighted by molar-refractivity contribution is 0.400. The van der Waals surface area contributed by atoms with Gasteiger partial charge in [0.2, 0.25) is 0 Å². The standard InChI is InChI=1S/C16H25BrN2/c1-6-18-13(14-15(2,3)16(14,4)5)9-12-8-7-11(17)10-19-12/h7-8,10,13-14,18H,6,9H2,1-5H3. The minimum Gasteiger partial charge on any atom is -0.314 e. The van der Waals surface area contributed by atoms with Crippen molar-refractivity contribution < 1.29 is 0 Å². The van der Waals surface area contributed by atoms with E-state index in [0.29, 0.717) is 22.8 Å². The van der Waals surface area contributed by atoms with Crippen molar-refractivity contribution in [3.8, 4) is 0 Å². The second-order valence-electron chi connectivity index (χ2n) is 6.76. The summed E-state index contributed by atoms with van der Waals surface area (Å²) in [5.41, 5.74) is 2.00. The van der Waals surface area contributed by atoms with E-state index < -0.39 is 0 Å². The van der Waals surface area contributed by atoms with Crippen LogP contribution in [0.5, 0.6) is 0 Å². The fourth-order valence-electron chi connectivity index (χ4n) is 3.58. The van der Waals surface area contributed by atoms with Gasteiger partial charge >= 0.3 is 0 Å². The minimum absolute atomic E-state index is 0.412. The summed E-state index contributed by atoms with van der Waals surface area (Å²) < 4.78 is 1.04. The maximum Gasteiger partial charge on any atom is 0.0420 e. The second kappa shape index (κ2) is 5.17. The summed E-state index contributed by atoms with van der Waals surface area (Å²) in [6, 6.07) is 4.72. The van der Waals surface area contributed by atoms with E-state index in [1.807, 2.05) is 6.20 Å². The van der Waals surface area contributed by atoms with Gasteiger partial charge in [-0.05, 0) is 51.4 Å². The highest BCUT2D eigenvalue weighted by Crippen LogP contribution is 2.69. The van der Waals surface area contributed by atoms with Crippen molar-refractivity contribution in [2.45, 2.75) is 47.1 Å². The molecule has 0 radical (unpaired) electrons. The largest absolute Gasteiger partial charge is 0.314 e. The van der Waals surface area contributed by atoms with Crippen molar-refractivity contribution in [3.05, 3.63) is 28.5 Å². The van der Waals surface area contributed by atoms with Gasteiger partial charge in [-0.15, -0.1) is 0 Å². The SMILES string of the molecule is CCNC(Cc1ccc(Br)cn1)C1C(C)(C)C1(C)C. The van der Waals surface area contributed by atoms with Gasteiger partial charge in [0.15, 0.2) is 0 Å². The Hall–Kier alpha value is -0.410. The number of nitrogens with zero attached hydrogens (tertiary/aromatic N) is 1. The van der Waals surface area contributed by atoms with Crippen LogP contribution in [0.2, 0.25) is 0 Å². The molecule has 1 saturated carbocycles. The molecule has 0 amide bonds. The number of likely N-dealkylation sites (N-methyl/N-ethyl adjacent to an activating group) is 1. The summed E-state index contributed by atoms with van der Waals surface area (Å²) in [5, 5.41) is 3.67. The Morgan fingerprint density at radius 3 is 2.32 bits per heavy atom. The molecule has 0 spiro atoms. The Kier molecular flexibility index (Phi) is 4.08. The summed E-state index contributed by atoms with van der Waals surface area (Å²) in [5.74, 6) is 0.713. The highest BCUT2D eigenvalue weighted by atomic mass is 79.9. The van der Waals surface area contributed by atoms with Gasteiger partial charge < -0.3 is 5.32 Å². The third kappa shape index (κ3) is 2.73. The summed E-state index contributed by atoms with van der Waals surface area (Å²) >= 11 is 3.44. The predicted molar refractivity (Wildman–Crippen MR) is 84.2 cm³/mol. The maximum absolute atomic E-state index is 4.52. The number of aromatic nitrogens is 1. The average molecular weight is 325 g/mol. The Bertz CT molecular complexity index is 423. The van der Waals surface area contributed by atoms with Gasteiger partial charge in [-0.25, -0.2) is 0 Å². The van der Waals surface area contributed by atoms with Gasteiger partial charge in [0.05, 0.1) is 0 Å². The van der Waals surface area contributed by atoms with Crippen LogP contribution >= 0.6 is 15.9 Å². The molecule has 1 aliphatic rings. The summed E-state index contributed by atoms with van der Waals surface area (Å²) in [7, 11) is 0. The summed E-state index contributed by atoms with van der Waals surface area (Å²) in [6.45, 7) is 12.7. The van der Waals surface area contributed by atoms with Crippen LogP contribution in [0.1, 0.15) is 40.3 Å². The second-order valence-corrected chi connectivity index (χ2v) is 7.67. The lowest BCUT2D eigenvalue weighted by atomic mass is 9.99. The molecule has 0 aromatic carbocycles. The topological polar surface area (TPSA) is 24.9 Å². The van der Waals surface area contributed by atoms with Crippen molar-refractivity contribution in [1.29, 1.82) is 0 Å². The maximum atomic E-state index is 4.52. The quantitative estimate of drug-likeness (QED) is 0.883. The zero-order valence-electron chi connectivity index (χ0n) is 12.6. The van der Waals surface area contributed by atoms with Crippen molar-refractivity contribution in [3.63, 3.8) is 0 Å². The van der Waals surface area contributed by atoms with Gasteiger partial charge in [0.1, 0.15) is 0 Å². The molecule has 3 heteroatoms. The van der Waals surface area contributed by atoms with Crippen LogP contribution in [0, 0.1) is 16.7 Å². The molecule has 106 valence electrons. The first kappa shape index (κ1) is 15.0. The average Bonchev–Trinajstić information content (AvgIpc) is 2.72. The Labute approximate surface area is 125 Å². The first-order valence-electron chi connectivity index (χ1n) is 7.14. The molecule has 0 aliphatic heterocycles. The third-order valence-corrected chi connectivity index (χ3v) is 5.69. The lowest BCUT2D eigenvalue weighted by Crippen LogP contribution is -2.35. The molecule has 1 aliphatic carbocycles. The van der Waals surface area contributed by atoms with Crippen molar-refractivity contribution in [1.82, 2.24) is 10.3 Å². The molecule has 1 atom stereocenters. The number of nitrogens with one attached hydrogen (secondary N) is 1. The molecule has 2 rings (SSSR count). The van der Waals surface area contributed by atoms with Crippen LogP contribution in [0.3, 0.4) is 0 Å². The van der Waals surface area contributed by atoms with Crippen LogP contribution in [0.4, 0.5) is 0 Å². The molecule has 0 saturated heterocycles. The van der Waals surface area contributed by atoms with E-state index in [1.54, 1.807) is 0 Å². The Morgan fingerprint density at radius 1 is 1.26 bits per heavy atom. The normalized spacial score (nSPS) is 22.2. The predicted octanol–water partition coefficient (Wildman–Crippen LogP) is 4.05. The van der Waals surface area contributed by atoms with E-state index >= 15 is 0 Å². The van der Waals surface area contributed by atoms with Crippen molar-refractivity contribution >= 4 is 15.9 Å². The van der Waals surface area contributed by atoms with Gasteiger partial charge in [-0.2, -0.15) is 0 Å². The number of rotatable bonds is 5.